The largest absolute Gasteiger partial charge is 0.257 e. The van der Waals surface area contributed by atoms with E-state index >= 15 is 0 Å². The first-order chi connectivity index (χ1) is 5.65. The Bertz CT molecular complexity index is 271. The third kappa shape index (κ3) is 2.03. The quantitative estimate of drug-likeness (QED) is 0.779. The predicted molar refractivity (Wildman–Crippen MR) is 53.2 cm³/mol. The van der Waals surface area contributed by atoms with Gasteiger partial charge in [-0.1, -0.05) is 20.8 Å². The molecule has 1 aromatic heterocycles. The summed E-state index contributed by atoms with van der Waals surface area (Å²) in [5.74, 6) is 0.444. The van der Waals surface area contributed by atoms with Crippen molar-refractivity contribution in [1.82, 2.24) is 9.97 Å². The van der Waals surface area contributed by atoms with E-state index in [0.717, 1.165) is 22.4 Å². The summed E-state index contributed by atoms with van der Waals surface area (Å²) in [6.45, 7) is 6.30. The van der Waals surface area contributed by atoms with Gasteiger partial charge in [0.25, 0.3) is 0 Å². The molecule has 0 radical (unpaired) electrons. The zero-order valence-electron chi connectivity index (χ0n) is 7.63. The molecule has 0 atom stereocenters. The summed E-state index contributed by atoms with van der Waals surface area (Å²) in [4.78, 5) is 8.71. The minimum atomic E-state index is 0.444. The second-order valence-corrected chi connectivity index (χ2v) is 3.79. The molecule has 0 aliphatic rings. The van der Waals surface area contributed by atoms with Gasteiger partial charge in [-0.2, -0.15) is 0 Å². The maximum atomic E-state index is 4.40. The highest BCUT2D eigenvalue weighted by Gasteiger charge is 2.05. The molecule has 0 unspecified atom stereocenters. The van der Waals surface area contributed by atoms with E-state index in [4.69, 9.17) is 0 Å². The van der Waals surface area contributed by atoms with E-state index in [1.54, 1.807) is 0 Å². The fourth-order valence-corrected chi connectivity index (χ4v) is 1.51. The molecule has 12 heavy (non-hydrogen) atoms. The van der Waals surface area contributed by atoms with Crippen LogP contribution in [-0.4, -0.2) is 9.97 Å². The van der Waals surface area contributed by atoms with Crippen LogP contribution in [0.4, 0.5) is 0 Å². The Kier molecular flexibility index (Phi) is 3.20. The first-order valence-corrected chi connectivity index (χ1v) is 4.95. The molecule has 0 fully saturated rings. The van der Waals surface area contributed by atoms with Crippen molar-refractivity contribution in [3.63, 3.8) is 0 Å². The zero-order valence-corrected chi connectivity index (χ0v) is 9.22. The zero-order chi connectivity index (χ0) is 9.14. The van der Waals surface area contributed by atoms with Crippen LogP contribution in [0.15, 0.2) is 10.8 Å². The molecule has 0 spiro atoms. The monoisotopic (exact) mass is 228 g/mol. The first kappa shape index (κ1) is 9.65. The van der Waals surface area contributed by atoms with Gasteiger partial charge in [0.1, 0.15) is 4.60 Å². The molecule has 1 rings (SSSR count). The fourth-order valence-electron chi connectivity index (χ4n) is 0.919. The van der Waals surface area contributed by atoms with Gasteiger partial charge in [0, 0.05) is 6.20 Å². The maximum absolute atomic E-state index is 4.40. The summed E-state index contributed by atoms with van der Waals surface area (Å²) in [6, 6.07) is 0. The number of halogens is 1. The van der Waals surface area contributed by atoms with Crippen molar-refractivity contribution in [1.29, 1.82) is 0 Å². The van der Waals surface area contributed by atoms with Crippen molar-refractivity contribution >= 4 is 15.9 Å². The molecule has 0 saturated carbocycles. The smallest absolute Gasteiger partial charge is 0.127 e. The lowest BCUT2D eigenvalue weighted by atomic mass is 10.1. The minimum Gasteiger partial charge on any atom is -0.257 e. The van der Waals surface area contributed by atoms with Gasteiger partial charge in [0.2, 0.25) is 0 Å². The number of hydrogen-bond donors (Lipinski definition) is 0. The Balaban J connectivity index is 3.02. The van der Waals surface area contributed by atoms with Gasteiger partial charge in [-0.15, -0.1) is 0 Å². The Labute approximate surface area is 81.6 Å². The fraction of sp³-hybridized carbons (Fsp3) is 0.556. The molecule has 3 heteroatoms. The molecular formula is C9H13BrN2. The molecule has 1 aromatic rings. The SMILES string of the molecule is CCc1ncc(C(C)C)nc1Br. The van der Waals surface area contributed by atoms with Crippen LogP contribution in [0.5, 0.6) is 0 Å². The summed E-state index contributed by atoms with van der Waals surface area (Å²) >= 11 is 3.40. The number of aryl methyl sites for hydroxylation is 1. The molecule has 66 valence electrons. The van der Waals surface area contributed by atoms with Gasteiger partial charge in [-0.25, -0.2) is 4.98 Å². The average molecular weight is 229 g/mol. The molecule has 0 aliphatic carbocycles. The van der Waals surface area contributed by atoms with Crippen LogP contribution in [-0.2, 0) is 6.42 Å². The van der Waals surface area contributed by atoms with E-state index in [-0.39, 0.29) is 0 Å². The van der Waals surface area contributed by atoms with Crippen molar-refractivity contribution in [3.05, 3.63) is 22.2 Å². The van der Waals surface area contributed by atoms with Crippen LogP contribution < -0.4 is 0 Å². The van der Waals surface area contributed by atoms with Crippen LogP contribution in [0.3, 0.4) is 0 Å². The van der Waals surface area contributed by atoms with Gasteiger partial charge in [0.05, 0.1) is 11.4 Å². The third-order valence-electron chi connectivity index (χ3n) is 1.74. The van der Waals surface area contributed by atoms with Gasteiger partial charge < -0.3 is 0 Å². The normalized spacial score (nSPS) is 10.8. The van der Waals surface area contributed by atoms with Crippen LogP contribution in [0.2, 0.25) is 0 Å². The highest BCUT2D eigenvalue weighted by atomic mass is 79.9. The number of aromatic nitrogens is 2. The minimum absolute atomic E-state index is 0.444. The van der Waals surface area contributed by atoms with Crippen LogP contribution in [0, 0.1) is 0 Å². The third-order valence-corrected chi connectivity index (χ3v) is 2.38. The van der Waals surface area contributed by atoms with Gasteiger partial charge in [0.15, 0.2) is 0 Å². The Hall–Kier alpha value is -0.440. The Morgan fingerprint density at radius 3 is 2.58 bits per heavy atom. The standard InChI is InChI=1S/C9H13BrN2/c1-4-7-9(10)12-8(5-11-7)6(2)3/h5-6H,4H2,1-3H3. The Morgan fingerprint density at radius 2 is 2.17 bits per heavy atom. The maximum Gasteiger partial charge on any atom is 0.127 e. The molecule has 0 amide bonds. The second-order valence-electron chi connectivity index (χ2n) is 3.04. The highest BCUT2D eigenvalue weighted by molar-refractivity contribution is 9.10. The highest BCUT2D eigenvalue weighted by Crippen LogP contribution is 2.16. The molecular weight excluding hydrogens is 216 g/mol. The number of hydrogen-bond acceptors (Lipinski definition) is 2. The second kappa shape index (κ2) is 3.99. The lowest BCUT2D eigenvalue weighted by Crippen LogP contribution is -1.98. The average Bonchev–Trinajstić information content (AvgIpc) is 2.04. The number of rotatable bonds is 2. The van der Waals surface area contributed by atoms with Crippen molar-refractivity contribution in [2.75, 3.05) is 0 Å². The van der Waals surface area contributed by atoms with Crippen molar-refractivity contribution < 1.29 is 0 Å². The molecule has 1 heterocycles. The lowest BCUT2D eigenvalue weighted by molar-refractivity contribution is 0.794. The van der Waals surface area contributed by atoms with E-state index < -0.39 is 0 Å². The van der Waals surface area contributed by atoms with Gasteiger partial charge >= 0.3 is 0 Å². The van der Waals surface area contributed by atoms with E-state index in [1.165, 1.54) is 0 Å². The molecule has 0 aromatic carbocycles. The van der Waals surface area contributed by atoms with Crippen molar-refractivity contribution in [2.45, 2.75) is 33.1 Å². The van der Waals surface area contributed by atoms with E-state index in [1.807, 2.05) is 6.20 Å². The van der Waals surface area contributed by atoms with Crippen LogP contribution >= 0.6 is 15.9 Å². The van der Waals surface area contributed by atoms with Gasteiger partial charge in [-0.3, -0.25) is 4.98 Å². The summed E-state index contributed by atoms with van der Waals surface area (Å²) in [5, 5.41) is 0. The molecule has 0 aliphatic heterocycles. The summed E-state index contributed by atoms with van der Waals surface area (Å²) < 4.78 is 0.885. The molecule has 0 N–H and O–H groups in total. The lowest BCUT2D eigenvalue weighted by Gasteiger charge is -2.05. The van der Waals surface area contributed by atoms with Gasteiger partial charge in [-0.05, 0) is 28.3 Å². The summed E-state index contributed by atoms with van der Waals surface area (Å²) in [6.07, 6.45) is 2.78. The summed E-state index contributed by atoms with van der Waals surface area (Å²) in [5.41, 5.74) is 2.07. The van der Waals surface area contributed by atoms with E-state index in [9.17, 15) is 0 Å². The Morgan fingerprint density at radius 1 is 1.50 bits per heavy atom. The number of nitrogens with zero attached hydrogens (tertiary/aromatic N) is 2. The molecule has 0 saturated heterocycles. The predicted octanol–water partition coefficient (Wildman–Crippen LogP) is 2.92. The van der Waals surface area contributed by atoms with E-state index in [2.05, 4.69) is 46.7 Å². The van der Waals surface area contributed by atoms with Crippen LogP contribution in [0.25, 0.3) is 0 Å². The summed E-state index contributed by atoms with van der Waals surface area (Å²) in [7, 11) is 0. The molecule has 0 bridgehead atoms. The molecule has 2 nitrogen and oxygen atoms in total. The topological polar surface area (TPSA) is 25.8 Å². The first-order valence-electron chi connectivity index (χ1n) is 4.16. The van der Waals surface area contributed by atoms with E-state index in [0.29, 0.717) is 5.92 Å². The van der Waals surface area contributed by atoms with Crippen molar-refractivity contribution in [2.24, 2.45) is 0 Å². The van der Waals surface area contributed by atoms with Crippen LogP contribution in [0.1, 0.15) is 38.1 Å². The van der Waals surface area contributed by atoms with Crippen molar-refractivity contribution in [3.8, 4) is 0 Å².